The fraction of sp³-hybridized carbons (Fsp3) is 0.143. The second-order valence-electron chi connectivity index (χ2n) is 6.95. The third-order valence-corrected chi connectivity index (χ3v) is 6.53. The minimum atomic E-state index is -4.56. The summed E-state index contributed by atoms with van der Waals surface area (Å²) < 4.78 is 92.8. The van der Waals surface area contributed by atoms with Crippen LogP contribution in [0.25, 0.3) is 27.8 Å². The normalized spacial score (nSPS) is 12.4. The maximum Gasteiger partial charge on any atom is 0.416 e. The summed E-state index contributed by atoms with van der Waals surface area (Å²) in [4.78, 5) is 3.85. The quantitative estimate of drug-likeness (QED) is 0.388. The van der Waals surface area contributed by atoms with E-state index in [-0.39, 0.29) is 33.1 Å². The molecule has 0 N–H and O–H groups in total. The molecule has 5 nitrogen and oxygen atoms in total. The van der Waals surface area contributed by atoms with E-state index >= 15 is 0 Å². The molecular formula is C21H14F5N3O2S. The van der Waals surface area contributed by atoms with Gasteiger partial charge in [-0.05, 0) is 35.9 Å². The molecule has 0 saturated carbocycles. The first-order valence-corrected chi connectivity index (χ1v) is 10.9. The van der Waals surface area contributed by atoms with Crippen molar-refractivity contribution in [1.29, 1.82) is 0 Å². The predicted molar refractivity (Wildman–Crippen MR) is 107 cm³/mol. The summed E-state index contributed by atoms with van der Waals surface area (Å²) in [5, 5.41) is 4.41. The molecule has 0 aliphatic carbocycles. The maximum atomic E-state index is 13.6. The summed E-state index contributed by atoms with van der Waals surface area (Å²) in [6.45, 7) is 1.41. The molecule has 0 spiro atoms. The van der Waals surface area contributed by atoms with E-state index in [0.29, 0.717) is 11.5 Å². The molecule has 4 aromatic rings. The van der Waals surface area contributed by atoms with Crippen LogP contribution in [0.15, 0.2) is 59.8 Å². The number of hydrogen-bond donors (Lipinski definition) is 0. The lowest BCUT2D eigenvalue weighted by molar-refractivity contribution is -0.137. The second-order valence-corrected chi connectivity index (χ2v) is 9.20. The first-order valence-electron chi connectivity index (χ1n) is 9.24. The highest BCUT2D eigenvalue weighted by atomic mass is 32.2. The van der Waals surface area contributed by atoms with Gasteiger partial charge in [0.15, 0.2) is 15.7 Å². The molecule has 0 aliphatic heterocycles. The minimum Gasteiger partial charge on any atom is -0.235 e. The number of hydrogen-bond acceptors (Lipinski definition) is 4. The number of halogens is 5. The molecule has 0 aliphatic rings. The van der Waals surface area contributed by atoms with Gasteiger partial charge in [0.05, 0.1) is 16.8 Å². The number of rotatable bonds is 4. The Morgan fingerprint density at radius 1 is 0.969 bits per heavy atom. The van der Waals surface area contributed by atoms with E-state index in [1.807, 2.05) is 0 Å². The van der Waals surface area contributed by atoms with Gasteiger partial charge in [-0.3, -0.25) is 0 Å². The van der Waals surface area contributed by atoms with Crippen molar-refractivity contribution < 1.29 is 30.4 Å². The monoisotopic (exact) mass is 467 g/mol. The van der Waals surface area contributed by atoms with Crippen molar-refractivity contribution in [3.05, 3.63) is 72.1 Å². The smallest absolute Gasteiger partial charge is 0.235 e. The first kappa shape index (κ1) is 21.9. The van der Waals surface area contributed by atoms with Gasteiger partial charge in [0.2, 0.25) is 0 Å². The SMILES string of the molecule is CCS(=O)(=O)c1cc(-c2cc(F)cc(F)c2)cnc1-n1cc2ccc(C(F)(F)F)cc2n1. The number of fused-ring (bicyclic) bond motifs is 1. The van der Waals surface area contributed by atoms with Gasteiger partial charge in [-0.1, -0.05) is 13.0 Å². The fourth-order valence-electron chi connectivity index (χ4n) is 3.17. The largest absolute Gasteiger partial charge is 0.416 e. The van der Waals surface area contributed by atoms with Crippen molar-refractivity contribution in [2.75, 3.05) is 5.75 Å². The lowest BCUT2D eigenvalue weighted by Crippen LogP contribution is -2.11. The Bertz CT molecular complexity index is 1430. The molecular weight excluding hydrogens is 453 g/mol. The van der Waals surface area contributed by atoms with Crippen LogP contribution < -0.4 is 0 Å². The number of alkyl halides is 3. The molecule has 0 unspecified atom stereocenters. The van der Waals surface area contributed by atoms with E-state index in [1.54, 1.807) is 0 Å². The summed E-state index contributed by atoms with van der Waals surface area (Å²) in [5.74, 6) is -2.13. The molecule has 0 radical (unpaired) electrons. The third kappa shape index (κ3) is 4.07. The molecule has 0 atom stereocenters. The third-order valence-electron chi connectivity index (χ3n) is 4.80. The molecule has 166 valence electrons. The van der Waals surface area contributed by atoms with E-state index in [2.05, 4.69) is 10.1 Å². The number of aromatic nitrogens is 3. The van der Waals surface area contributed by atoms with Gasteiger partial charge >= 0.3 is 6.18 Å². The Labute approximate surface area is 179 Å². The van der Waals surface area contributed by atoms with Crippen molar-refractivity contribution in [3.8, 4) is 16.9 Å². The van der Waals surface area contributed by atoms with Gasteiger partial charge in [0.25, 0.3) is 0 Å². The average Bonchev–Trinajstić information content (AvgIpc) is 3.15. The summed E-state index contributed by atoms with van der Waals surface area (Å²) >= 11 is 0. The molecule has 0 saturated heterocycles. The number of sulfone groups is 1. The molecule has 0 fully saturated rings. The molecule has 4 rings (SSSR count). The Morgan fingerprint density at radius 3 is 2.28 bits per heavy atom. The Kier molecular flexibility index (Phi) is 5.24. The number of pyridine rings is 1. The van der Waals surface area contributed by atoms with E-state index < -0.39 is 33.2 Å². The lowest BCUT2D eigenvalue weighted by Gasteiger charge is -2.11. The van der Waals surface area contributed by atoms with E-state index in [4.69, 9.17) is 0 Å². The van der Waals surface area contributed by atoms with Crippen LogP contribution >= 0.6 is 0 Å². The van der Waals surface area contributed by atoms with Crippen LogP contribution in [0.4, 0.5) is 22.0 Å². The van der Waals surface area contributed by atoms with Crippen LogP contribution in [-0.4, -0.2) is 28.9 Å². The molecule has 2 aromatic heterocycles. The fourth-order valence-corrected chi connectivity index (χ4v) is 4.22. The number of nitrogens with zero attached hydrogens (tertiary/aromatic N) is 3. The Hall–Kier alpha value is -3.34. The summed E-state index contributed by atoms with van der Waals surface area (Å²) in [5.41, 5.74) is -0.671. The Balaban J connectivity index is 1.90. The zero-order valence-electron chi connectivity index (χ0n) is 16.4. The first-order chi connectivity index (χ1) is 15.0. The lowest BCUT2D eigenvalue weighted by atomic mass is 10.1. The summed E-state index contributed by atoms with van der Waals surface area (Å²) in [6.07, 6.45) is -1.99. The van der Waals surface area contributed by atoms with E-state index in [1.165, 1.54) is 31.5 Å². The zero-order chi connectivity index (χ0) is 23.3. The van der Waals surface area contributed by atoms with Gasteiger partial charge in [-0.2, -0.15) is 18.3 Å². The van der Waals surface area contributed by atoms with Crippen molar-refractivity contribution >= 4 is 20.7 Å². The molecule has 11 heteroatoms. The summed E-state index contributed by atoms with van der Waals surface area (Å²) in [6, 6.07) is 6.92. The van der Waals surface area contributed by atoms with E-state index in [9.17, 15) is 30.4 Å². The molecule has 32 heavy (non-hydrogen) atoms. The van der Waals surface area contributed by atoms with Crippen LogP contribution in [0.2, 0.25) is 0 Å². The van der Waals surface area contributed by atoms with E-state index in [0.717, 1.165) is 28.9 Å². The molecule has 0 bridgehead atoms. The van der Waals surface area contributed by atoms with Crippen molar-refractivity contribution in [2.45, 2.75) is 18.0 Å². The van der Waals surface area contributed by atoms with Crippen LogP contribution in [0.3, 0.4) is 0 Å². The van der Waals surface area contributed by atoms with Crippen LogP contribution in [0, 0.1) is 11.6 Å². The van der Waals surface area contributed by atoms with Crippen molar-refractivity contribution in [2.24, 2.45) is 0 Å². The minimum absolute atomic E-state index is 0.00208. The second kappa shape index (κ2) is 7.66. The highest BCUT2D eigenvalue weighted by Crippen LogP contribution is 2.32. The number of benzene rings is 2. The molecule has 2 heterocycles. The van der Waals surface area contributed by atoms with Crippen LogP contribution in [0.1, 0.15) is 12.5 Å². The zero-order valence-corrected chi connectivity index (χ0v) is 17.2. The van der Waals surface area contributed by atoms with Crippen molar-refractivity contribution in [3.63, 3.8) is 0 Å². The van der Waals surface area contributed by atoms with Crippen molar-refractivity contribution in [1.82, 2.24) is 14.8 Å². The molecule has 2 aromatic carbocycles. The maximum absolute atomic E-state index is 13.6. The van der Waals surface area contributed by atoms with Gasteiger partial charge in [0.1, 0.15) is 16.5 Å². The standard InChI is InChI=1S/C21H14F5N3O2S/c1-2-32(30,31)19-7-14(13-5-16(22)9-17(23)6-13)10-27-20(19)29-11-12-3-4-15(21(24,25)26)8-18(12)28-29/h3-11H,2H2,1H3. The van der Waals surface area contributed by atoms with Gasteiger partial charge in [-0.25, -0.2) is 26.9 Å². The summed E-state index contributed by atoms with van der Waals surface area (Å²) in [7, 11) is -3.89. The van der Waals surface area contributed by atoms with Crippen LogP contribution in [-0.2, 0) is 16.0 Å². The van der Waals surface area contributed by atoms with Gasteiger partial charge in [-0.15, -0.1) is 0 Å². The molecule has 0 amide bonds. The topological polar surface area (TPSA) is 64.8 Å². The van der Waals surface area contributed by atoms with Crippen LogP contribution in [0.5, 0.6) is 0 Å². The highest BCUT2D eigenvalue weighted by molar-refractivity contribution is 7.91. The predicted octanol–water partition coefficient (Wildman–Crippen LogP) is 5.18. The highest BCUT2D eigenvalue weighted by Gasteiger charge is 2.31. The van der Waals surface area contributed by atoms with Gasteiger partial charge in [0, 0.05) is 29.4 Å². The van der Waals surface area contributed by atoms with Gasteiger partial charge < -0.3 is 0 Å². The Morgan fingerprint density at radius 2 is 1.66 bits per heavy atom. The average molecular weight is 467 g/mol.